The molecule has 0 unspecified atom stereocenters. The Labute approximate surface area is 128 Å². The molecule has 0 radical (unpaired) electrons. The van der Waals surface area contributed by atoms with E-state index in [0.717, 1.165) is 0 Å². The third-order valence-electron chi connectivity index (χ3n) is 6.16. The Morgan fingerprint density at radius 1 is 1.09 bits per heavy atom. The van der Waals surface area contributed by atoms with Gasteiger partial charge < -0.3 is 4.74 Å². The van der Waals surface area contributed by atoms with Gasteiger partial charge in [0.1, 0.15) is 5.75 Å². The van der Waals surface area contributed by atoms with Crippen LogP contribution in [-0.4, -0.2) is 18.9 Å². The van der Waals surface area contributed by atoms with Crippen LogP contribution in [0.25, 0.3) is 0 Å². The summed E-state index contributed by atoms with van der Waals surface area (Å²) in [5.41, 5.74) is 0.884. The van der Waals surface area contributed by atoms with Crippen LogP contribution in [0.4, 0.5) is 5.69 Å². The zero-order valence-electron chi connectivity index (χ0n) is 12.4. The van der Waals surface area contributed by atoms with Crippen LogP contribution in [0.5, 0.6) is 5.75 Å². The number of hydrogen-bond acceptors (Lipinski definition) is 3. The highest BCUT2D eigenvalue weighted by Crippen LogP contribution is 2.73. The molecule has 3 aliphatic carbocycles. The Bertz CT molecular complexity index is 700. The normalized spacial score (nSPS) is 36.3. The molecule has 1 saturated heterocycles. The molecule has 2 bridgehead atoms. The minimum Gasteiger partial charge on any atom is -0.497 e. The van der Waals surface area contributed by atoms with Crippen molar-refractivity contribution < 1.29 is 14.3 Å². The molecule has 4 heteroatoms. The summed E-state index contributed by atoms with van der Waals surface area (Å²) in [7, 11) is 1.59. The van der Waals surface area contributed by atoms with E-state index < -0.39 is 0 Å². The summed E-state index contributed by atoms with van der Waals surface area (Å²) < 4.78 is 5.21. The molecule has 0 aromatic heterocycles. The predicted octanol–water partition coefficient (Wildman–Crippen LogP) is 2.40. The fraction of sp³-hybridized carbons (Fsp3) is 0.444. The number of methoxy groups -OCH3 is 1. The van der Waals surface area contributed by atoms with Gasteiger partial charge in [-0.25, -0.2) is 4.90 Å². The van der Waals surface area contributed by atoms with Crippen molar-refractivity contribution >= 4 is 17.5 Å². The van der Waals surface area contributed by atoms with E-state index in [9.17, 15) is 9.59 Å². The number of anilines is 1. The van der Waals surface area contributed by atoms with Gasteiger partial charge in [-0.2, -0.15) is 0 Å². The fourth-order valence-electron chi connectivity index (χ4n) is 5.08. The van der Waals surface area contributed by atoms with Crippen molar-refractivity contribution in [1.29, 1.82) is 0 Å². The first-order valence-electron chi connectivity index (χ1n) is 7.87. The highest BCUT2D eigenvalue weighted by Gasteiger charge is 2.73. The first-order chi connectivity index (χ1) is 10.7. The number of hydrogen-bond donors (Lipinski definition) is 0. The maximum Gasteiger partial charge on any atom is 0.238 e. The Morgan fingerprint density at radius 2 is 1.73 bits per heavy atom. The second-order valence-electron chi connectivity index (χ2n) is 6.93. The second kappa shape index (κ2) is 3.80. The number of rotatable bonds is 2. The average molecular weight is 295 g/mol. The largest absolute Gasteiger partial charge is 0.497 e. The van der Waals surface area contributed by atoms with Crippen molar-refractivity contribution in [3.8, 4) is 5.75 Å². The van der Waals surface area contributed by atoms with Crippen LogP contribution in [0.1, 0.15) is 12.8 Å². The minimum atomic E-state index is -0.142. The molecule has 1 aromatic rings. The number of imide groups is 1. The molecule has 2 saturated carbocycles. The first kappa shape index (κ1) is 12.4. The highest BCUT2D eigenvalue weighted by molar-refractivity contribution is 6.23. The summed E-state index contributed by atoms with van der Waals surface area (Å²) in [4.78, 5) is 27.3. The zero-order valence-corrected chi connectivity index (χ0v) is 12.4. The number of allylic oxidation sites excluding steroid dienone is 2. The molecular formula is C18H17NO3. The van der Waals surface area contributed by atoms with Crippen LogP contribution < -0.4 is 9.64 Å². The van der Waals surface area contributed by atoms with Crippen LogP contribution in [0, 0.1) is 29.1 Å². The number of amides is 2. The molecule has 4 nitrogen and oxygen atoms in total. The van der Waals surface area contributed by atoms with Gasteiger partial charge in [0.05, 0.1) is 24.6 Å². The molecule has 22 heavy (non-hydrogen) atoms. The predicted molar refractivity (Wildman–Crippen MR) is 80.3 cm³/mol. The maximum atomic E-state index is 12.9. The summed E-state index contributed by atoms with van der Waals surface area (Å²) in [5.74, 6) is 0.879. The standard InChI is InChI=1S/C18H17NO3/c1-22-11-4-2-3-10(9-11)19-16(20)14-12-5-6-13(15(14)17(19)21)18(12)7-8-18/h2-6,9,12-15H,7-8H2,1H3/t12-,13+,14-,15-/m0/s1. The molecule has 4 aliphatic rings. The lowest BCUT2D eigenvalue weighted by atomic mass is 9.85. The zero-order chi connectivity index (χ0) is 15.1. The van der Waals surface area contributed by atoms with Crippen molar-refractivity contribution in [2.24, 2.45) is 29.1 Å². The lowest BCUT2D eigenvalue weighted by molar-refractivity contribution is -0.123. The Hall–Kier alpha value is -2.10. The van der Waals surface area contributed by atoms with Gasteiger partial charge in [-0.1, -0.05) is 18.2 Å². The third-order valence-corrected chi connectivity index (χ3v) is 6.16. The van der Waals surface area contributed by atoms with E-state index in [1.165, 1.54) is 17.7 Å². The molecular weight excluding hydrogens is 278 g/mol. The average Bonchev–Trinajstić information content (AvgIpc) is 3.13. The number of ether oxygens (including phenoxy) is 1. The van der Waals surface area contributed by atoms with Gasteiger partial charge >= 0.3 is 0 Å². The highest BCUT2D eigenvalue weighted by atomic mass is 16.5. The van der Waals surface area contributed by atoms with Gasteiger partial charge in [0, 0.05) is 6.07 Å². The lowest BCUT2D eigenvalue weighted by Gasteiger charge is -2.22. The van der Waals surface area contributed by atoms with E-state index in [1.54, 1.807) is 13.2 Å². The molecule has 4 atom stereocenters. The van der Waals surface area contributed by atoms with Crippen molar-refractivity contribution in [2.75, 3.05) is 12.0 Å². The maximum absolute atomic E-state index is 12.9. The van der Waals surface area contributed by atoms with Gasteiger partial charge in [-0.05, 0) is 42.2 Å². The molecule has 0 N–H and O–H groups in total. The van der Waals surface area contributed by atoms with E-state index in [4.69, 9.17) is 4.74 Å². The van der Waals surface area contributed by atoms with Crippen LogP contribution >= 0.6 is 0 Å². The number of benzene rings is 1. The molecule has 5 rings (SSSR count). The van der Waals surface area contributed by atoms with Crippen molar-refractivity contribution in [3.63, 3.8) is 0 Å². The monoisotopic (exact) mass is 295 g/mol. The smallest absolute Gasteiger partial charge is 0.238 e. The summed E-state index contributed by atoms with van der Waals surface area (Å²) in [6.45, 7) is 0. The van der Waals surface area contributed by atoms with E-state index in [2.05, 4.69) is 12.2 Å². The number of carbonyl (C=O) groups excluding carboxylic acids is 2. The summed E-state index contributed by atoms with van der Waals surface area (Å²) >= 11 is 0. The van der Waals surface area contributed by atoms with Crippen LogP contribution in [0.15, 0.2) is 36.4 Å². The first-order valence-corrected chi connectivity index (χ1v) is 7.87. The van der Waals surface area contributed by atoms with Crippen LogP contribution in [0.2, 0.25) is 0 Å². The van der Waals surface area contributed by atoms with Gasteiger partial charge in [0.2, 0.25) is 11.8 Å². The van der Waals surface area contributed by atoms with Gasteiger partial charge in [0.25, 0.3) is 0 Å². The number of carbonyl (C=O) groups is 2. The van der Waals surface area contributed by atoms with E-state index in [1.807, 2.05) is 18.2 Å². The Morgan fingerprint density at radius 3 is 2.27 bits per heavy atom. The molecule has 1 heterocycles. The fourth-order valence-corrected chi connectivity index (χ4v) is 5.08. The van der Waals surface area contributed by atoms with Gasteiger partial charge in [-0.15, -0.1) is 0 Å². The topological polar surface area (TPSA) is 46.6 Å². The van der Waals surface area contributed by atoms with Crippen LogP contribution in [-0.2, 0) is 9.59 Å². The number of fused-ring (bicyclic) bond motifs is 3. The molecule has 1 aromatic carbocycles. The van der Waals surface area contributed by atoms with Gasteiger partial charge in [0.15, 0.2) is 0 Å². The van der Waals surface area contributed by atoms with Crippen molar-refractivity contribution in [2.45, 2.75) is 12.8 Å². The minimum absolute atomic E-state index is 0.0219. The van der Waals surface area contributed by atoms with Gasteiger partial charge in [-0.3, -0.25) is 9.59 Å². The summed E-state index contributed by atoms with van der Waals surface area (Å²) in [6, 6.07) is 7.21. The van der Waals surface area contributed by atoms with E-state index >= 15 is 0 Å². The molecule has 3 fully saturated rings. The second-order valence-corrected chi connectivity index (χ2v) is 6.93. The summed E-state index contributed by atoms with van der Waals surface area (Å²) in [6.07, 6.45) is 6.72. The summed E-state index contributed by atoms with van der Waals surface area (Å²) in [5, 5.41) is 0. The SMILES string of the molecule is COc1cccc(N2C(=O)[C@@H]3[C@@H](C2=O)[C@@H]2C=C[C@H]3C23CC3)c1. The molecule has 112 valence electrons. The van der Waals surface area contributed by atoms with E-state index in [-0.39, 0.29) is 40.9 Å². The third kappa shape index (κ3) is 1.25. The quantitative estimate of drug-likeness (QED) is 0.622. The lowest BCUT2D eigenvalue weighted by Crippen LogP contribution is -2.34. The van der Waals surface area contributed by atoms with E-state index in [0.29, 0.717) is 11.4 Å². The number of nitrogens with zero attached hydrogens (tertiary/aromatic N) is 1. The van der Waals surface area contributed by atoms with Crippen LogP contribution in [0.3, 0.4) is 0 Å². The molecule has 1 aliphatic heterocycles. The Balaban J connectivity index is 1.56. The van der Waals surface area contributed by atoms with Crippen molar-refractivity contribution in [3.05, 3.63) is 36.4 Å². The molecule has 1 spiro atoms. The van der Waals surface area contributed by atoms with Crippen molar-refractivity contribution in [1.82, 2.24) is 0 Å². The molecule has 2 amide bonds. The Kier molecular flexibility index (Phi) is 2.15.